The van der Waals surface area contributed by atoms with Crippen LogP contribution in [0.1, 0.15) is 50.8 Å². The third-order valence-corrected chi connectivity index (χ3v) is 6.07. The number of anilines is 2. The average Bonchev–Trinajstić information content (AvgIpc) is 3.11. The summed E-state index contributed by atoms with van der Waals surface area (Å²) in [6, 6.07) is 14.7. The summed E-state index contributed by atoms with van der Waals surface area (Å²) in [6.45, 7) is 8.93. The van der Waals surface area contributed by atoms with Gasteiger partial charge in [0.05, 0.1) is 16.2 Å². The number of rotatable bonds is 3. The average molecular weight is 397 g/mol. The predicted molar refractivity (Wildman–Crippen MR) is 118 cm³/mol. The highest BCUT2D eigenvalue weighted by atomic mass is 35.5. The van der Waals surface area contributed by atoms with E-state index in [0.29, 0.717) is 5.92 Å². The number of fused-ring (bicyclic) bond motifs is 1. The van der Waals surface area contributed by atoms with Crippen LogP contribution in [0.5, 0.6) is 0 Å². The monoisotopic (exact) mass is 396 g/mol. The van der Waals surface area contributed by atoms with E-state index in [1.165, 1.54) is 5.56 Å². The van der Waals surface area contributed by atoms with Crippen molar-refractivity contribution in [2.45, 2.75) is 44.9 Å². The molecule has 0 aliphatic carbocycles. The van der Waals surface area contributed by atoms with Crippen molar-refractivity contribution in [2.24, 2.45) is 0 Å². The summed E-state index contributed by atoms with van der Waals surface area (Å²) >= 11 is 6.48. The van der Waals surface area contributed by atoms with E-state index in [9.17, 15) is 0 Å². The number of nitrogens with zero attached hydrogens (tertiary/aromatic N) is 3. The molecule has 3 aromatic rings. The molecule has 148 valence electrons. The lowest BCUT2D eigenvalue weighted by Gasteiger charge is -2.27. The zero-order valence-corrected chi connectivity index (χ0v) is 17.9. The molecule has 0 saturated carbocycles. The second-order valence-electron chi connectivity index (χ2n) is 8.96. The first-order chi connectivity index (χ1) is 13.3. The molecule has 0 radical (unpaired) electrons. The van der Waals surface area contributed by atoms with Crippen LogP contribution in [0.25, 0.3) is 5.52 Å². The molecule has 2 aromatic heterocycles. The number of hydrogen-bond donors (Lipinski definition) is 1. The van der Waals surface area contributed by atoms with Crippen molar-refractivity contribution in [1.82, 2.24) is 14.5 Å². The van der Waals surface area contributed by atoms with Gasteiger partial charge in [0.1, 0.15) is 5.82 Å². The Morgan fingerprint density at radius 1 is 1.04 bits per heavy atom. The molecule has 1 N–H and O–H groups in total. The molecule has 1 fully saturated rings. The molecule has 4 rings (SSSR count). The zero-order chi connectivity index (χ0) is 19.9. The number of aromatic nitrogens is 2. The molecular weight excluding hydrogens is 368 g/mol. The van der Waals surface area contributed by atoms with Gasteiger partial charge in [-0.3, -0.25) is 0 Å². The summed E-state index contributed by atoms with van der Waals surface area (Å²) in [5.74, 6) is 1.44. The van der Waals surface area contributed by atoms with E-state index in [-0.39, 0.29) is 5.41 Å². The molecule has 0 unspecified atom stereocenters. The molecule has 0 atom stereocenters. The largest absolute Gasteiger partial charge is 0.340 e. The third kappa shape index (κ3) is 3.89. The fourth-order valence-electron chi connectivity index (χ4n) is 3.86. The molecule has 5 heteroatoms. The van der Waals surface area contributed by atoms with Crippen molar-refractivity contribution in [3.8, 4) is 0 Å². The van der Waals surface area contributed by atoms with Crippen LogP contribution in [0.3, 0.4) is 0 Å². The Hall–Kier alpha value is -2.04. The van der Waals surface area contributed by atoms with Crippen LogP contribution in [-0.4, -0.2) is 34.7 Å². The molecule has 1 saturated heterocycles. The Bertz CT molecular complexity index is 961. The van der Waals surface area contributed by atoms with Gasteiger partial charge in [0.25, 0.3) is 0 Å². The highest BCUT2D eigenvalue weighted by Crippen LogP contribution is 2.32. The minimum Gasteiger partial charge on any atom is -0.340 e. The highest BCUT2D eigenvalue weighted by Gasteiger charge is 2.22. The lowest BCUT2D eigenvalue weighted by Crippen LogP contribution is -2.29. The molecule has 4 nitrogen and oxygen atoms in total. The van der Waals surface area contributed by atoms with E-state index in [0.717, 1.165) is 53.7 Å². The van der Waals surface area contributed by atoms with E-state index >= 15 is 0 Å². The summed E-state index contributed by atoms with van der Waals surface area (Å²) in [6.07, 6.45) is 2.30. The highest BCUT2D eigenvalue weighted by molar-refractivity contribution is 6.33. The maximum Gasteiger partial charge on any atom is 0.132 e. The van der Waals surface area contributed by atoms with Gasteiger partial charge in [0, 0.05) is 11.6 Å². The molecule has 3 heterocycles. The lowest BCUT2D eigenvalue weighted by molar-refractivity contribution is 0.253. The van der Waals surface area contributed by atoms with Crippen LogP contribution in [-0.2, 0) is 5.41 Å². The number of nitrogens with one attached hydrogen (secondary N) is 1. The minimum atomic E-state index is 0.150. The fraction of sp³-hybridized carbons (Fsp3) is 0.435. The first kappa shape index (κ1) is 19.3. The van der Waals surface area contributed by atoms with Crippen LogP contribution >= 0.6 is 11.6 Å². The number of piperidine rings is 1. The molecule has 0 amide bonds. The van der Waals surface area contributed by atoms with Crippen molar-refractivity contribution >= 4 is 28.6 Å². The van der Waals surface area contributed by atoms with Gasteiger partial charge in [-0.2, -0.15) is 5.10 Å². The summed E-state index contributed by atoms with van der Waals surface area (Å²) in [7, 11) is 2.18. The first-order valence-corrected chi connectivity index (χ1v) is 10.4. The molecule has 1 aromatic carbocycles. The SMILES string of the molecule is CN1CCC(c2cc3c(Cl)ccc(Nc4ccc(C(C)(C)C)cc4)n3n2)CC1. The standard InChI is InChI=1S/C23H29ClN4/c1-23(2,3)17-5-7-18(8-6-17)25-22-10-9-19(24)21-15-20(26-28(21)22)16-11-13-27(4)14-12-16/h5-10,15-16,25H,11-14H2,1-4H3. The van der Waals surface area contributed by atoms with Crippen molar-refractivity contribution in [3.05, 3.63) is 58.7 Å². The van der Waals surface area contributed by atoms with Gasteiger partial charge in [-0.25, -0.2) is 4.52 Å². The van der Waals surface area contributed by atoms with E-state index in [4.69, 9.17) is 16.7 Å². The van der Waals surface area contributed by atoms with E-state index in [2.05, 4.69) is 68.4 Å². The summed E-state index contributed by atoms with van der Waals surface area (Å²) in [5.41, 5.74) is 4.63. The van der Waals surface area contributed by atoms with Crippen molar-refractivity contribution in [3.63, 3.8) is 0 Å². The number of likely N-dealkylation sites (tertiary alicyclic amines) is 1. The topological polar surface area (TPSA) is 32.6 Å². The van der Waals surface area contributed by atoms with Crippen molar-refractivity contribution < 1.29 is 0 Å². The van der Waals surface area contributed by atoms with Gasteiger partial charge in [-0.05, 0) is 74.3 Å². The Balaban J connectivity index is 1.63. The third-order valence-electron chi connectivity index (χ3n) is 5.75. The maximum absolute atomic E-state index is 6.48. The fourth-order valence-corrected chi connectivity index (χ4v) is 4.06. The Labute approximate surface area is 172 Å². The predicted octanol–water partition coefficient (Wildman–Crippen LogP) is 5.84. The smallest absolute Gasteiger partial charge is 0.132 e. The second-order valence-corrected chi connectivity index (χ2v) is 9.37. The number of halogens is 1. The quantitative estimate of drug-likeness (QED) is 0.603. The Morgan fingerprint density at radius 3 is 2.36 bits per heavy atom. The molecule has 0 bridgehead atoms. The molecule has 1 aliphatic rings. The molecule has 28 heavy (non-hydrogen) atoms. The van der Waals surface area contributed by atoms with E-state index in [1.54, 1.807) is 0 Å². The number of pyridine rings is 1. The molecule has 0 spiro atoms. The number of benzene rings is 1. The van der Waals surface area contributed by atoms with E-state index < -0.39 is 0 Å². The second kappa shape index (κ2) is 7.41. The van der Waals surface area contributed by atoms with Crippen molar-refractivity contribution in [1.29, 1.82) is 0 Å². The molecular formula is C23H29ClN4. The summed E-state index contributed by atoms with van der Waals surface area (Å²) in [5, 5.41) is 9.17. The molecule has 1 aliphatic heterocycles. The van der Waals surface area contributed by atoms with Gasteiger partial charge in [-0.1, -0.05) is 44.5 Å². The zero-order valence-electron chi connectivity index (χ0n) is 17.2. The van der Waals surface area contributed by atoms with Crippen LogP contribution in [0.2, 0.25) is 5.02 Å². The van der Waals surface area contributed by atoms with Crippen LogP contribution < -0.4 is 5.32 Å². The van der Waals surface area contributed by atoms with Crippen LogP contribution in [0.15, 0.2) is 42.5 Å². The Kier molecular flexibility index (Phi) is 5.11. The van der Waals surface area contributed by atoms with Gasteiger partial charge in [-0.15, -0.1) is 0 Å². The first-order valence-electron chi connectivity index (χ1n) is 10.1. The summed E-state index contributed by atoms with van der Waals surface area (Å²) in [4.78, 5) is 2.38. The van der Waals surface area contributed by atoms with Crippen LogP contribution in [0.4, 0.5) is 11.5 Å². The normalized spacial score (nSPS) is 16.6. The van der Waals surface area contributed by atoms with Gasteiger partial charge < -0.3 is 10.2 Å². The van der Waals surface area contributed by atoms with Gasteiger partial charge >= 0.3 is 0 Å². The summed E-state index contributed by atoms with van der Waals surface area (Å²) < 4.78 is 1.95. The van der Waals surface area contributed by atoms with Gasteiger partial charge in [0.15, 0.2) is 0 Å². The van der Waals surface area contributed by atoms with E-state index in [1.807, 2.05) is 16.6 Å². The maximum atomic E-state index is 6.48. The Morgan fingerprint density at radius 2 is 1.71 bits per heavy atom. The van der Waals surface area contributed by atoms with Crippen LogP contribution in [0, 0.1) is 0 Å². The van der Waals surface area contributed by atoms with Crippen molar-refractivity contribution in [2.75, 3.05) is 25.5 Å². The van der Waals surface area contributed by atoms with Gasteiger partial charge in [0.2, 0.25) is 0 Å². The minimum absolute atomic E-state index is 0.150. The number of hydrogen-bond acceptors (Lipinski definition) is 3. The lowest BCUT2D eigenvalue weighted by atomic mass is 9.87.